The number of nitro benzene ring substituents is 1. The number of rotatable bonds is 9. The first-order valence-electron chi connectivity index (χ1n) is 9.62. The highest BCUT2D eigenvalue weighted by Gasteiger charge is 2.22. The molecule has 2 rings (SSSR count). The van der Waals surface area contributed by atoms with Crippen LogP contribution in [-0.4, -0.2) is 37.8 Å². The monoisotopic (exact) mass is 509 g/mol. The van der Waals surface area contributed by atoms with E-state index in [1.165, 1.54) is 35.2 Å². The standard InChI is InChI=1S/C22H22Cl2FN5O4/c1-12(14-9-10-15(23)20(18(14)25)29(2)3)28-19(22(31)34-4)17(24)21(26)27-11-13-7-5-6-8-16(13)30(32)33/h5-10,27H,1,11,26H2,2-4H3/b21-17-,28-19+. The van der Waals surface area contributed by atoms with Gasteiger partial charge in [-0.2, -0.15) is 0 Å². The third-order valence-corrected chi connectivity index (χ3v) is 5.24. The summed E-state index contributed by atoms with van der Waals surface area (Å²) in [5.74, 6) is -1.86. The van der Waals surface area contributed by atoms with Crippen LogP contribution in [0.3, 0.4) is 0 Å². The van der Waals surface area contributed by atoms with Gasteiger partial charge in [-0.25, -0.2) is 14.2 Å². The Kier molecular flexibility index (Phi) is 8.99. The van der Waals surface area contributed by atoms with Gasteiger partial charge in [-0.05, 0) is 12.1 Å². The lowest BCUT2D eigenvalue weighted by Crippen LogP contribution is -2.26. The van der Waals surface area contributed by atoms with Crippen molar-refractivity contribution in [2.75, 3.05) is 26.1 Å². The Morgan fingerprint density at radius 2 is 1.97 bits per heavy atom. The minimum Gasteiger partial charge on any atom is -0.464 e. The topological polar surface area (TPSA) is 123 Å². The highest BCUT2D eigenvalue weighted by atomic mass is 35.5. The third kappa shape index (κ3) is 6.03. The number of carbonyl (C=O) groups excluding carboxylic acids is 1. The van der Waals surface area contributed by atoms with Crippen LogP contribution in [0.15, 0.2) is 58.8 Å². The molecule has 9 nitrogen and oxygen atoms in total. The van der Waals surface area contributed by atoms with Crippen LogP contribution in [0.2, 0.25) is 5.02 Å². The van der Waals surface area contributed by atoms with Crippen LogP contribution in [0.25, 0.3) is 5.70 Å². The predicted octanol–water partition coefficient (Wildman–Crippen LogP) is 4.19. The maximum absolute atomic E-state index is 15.0. The molecule has 0 bridgehead atoms. The van der Waals surface area contributed by atoms with Gasteiger partial charge in [0.25, 0.3) is 5.69 Å². The van der Waals surface area contributed by atoms with E-state index in [2.05, 4.69) is 16.9 Å². The van der Waals surface area contributed by atoms with Gasteiger partial charge in [0.2, 0.25) is 0 Å². The molecule has 180 valence electrons. The van der Waals surface area contributed by atoms with Gasteiger partial charge >= 0.3 is 5.97 Å². The first-order chi connectivity index (χ1) is 16.0. The van der Waals surface area contributed by atoms with Crippen LogP contribution in [0, 0.1) is 15.9 Å². The van der Waals surface area contributed by atoms with Gasteiger partial charge in [0.05, 0.1) is 28.4 Å². The molecule has 0 unspecified atom stereocenters. The molecule has 0 heterocycles. The zero-order valence-electron chi connectivity index (χ0n) is 18.6. The summed E-state index contributed by atoms with van der Waals surface area (Å²) < 4.78 is 19.7. The summed E-state index contributed by atoms with van der Waals surface area (Å²) in [5, 5.41) is 13.7. The number of hydrogen-bond acceptors (Lipinski definition) is 8. The van der Waals surface area contributed by atoms with Gasteiger partial charge < -0.3 is 20.7 Å². The van der Waals surface area contributed by atoms with Crippen molar-refractivity contribution in [3.63, 3.8) is 0 Å². The Bertz CT molecular complexity index is 1200. The Morgan fingerprint density at radius 3 is 2.56 bits per heavy atom. The van der Waals surface area contributed by atoms with Crippen LogP contribution in [0.4, 0.5) is 15.8 Å². The summed E-state index contributed by atoms with van der Waals surface area (Å²) in [6.45, 7) is 3.66. The molecule has 34 heavy (non-hydrogen) atoms. The minimum absolute atomic E-state index is 0.0228. The molecule has 0 aliphatic carbocycles. The Balaban J connectivity index is 2.43. The fourth-order valence-corrected chi connectivity index (χ4v) is 3.39. The van der Waals surface area contributed by atoms with Crippen molar-refractivity contribution in [3.05, 3.63) is 85.9 Å². The first kappa shape index (κ1) is 26.6. The van der Waals surface area contributed by atoms with Crippen molar-refractivity contribution in [3.8, 4) is 0 Å². The number of hydrogen-bond donors (Lipinski definition) is 2. The minimum atomic E-state index is -0.955. The molecular weight excluding hydrogens is 488 g/mol. The SMILES string of the molecule is C=C(/N=C(C(=O)OC)\C(Cl)=C(/N)NCc1ccccc1[N+](=O)[O-])c1ccc(Cl)c(N(C)C)c1F. The maximum atomic E-state index is 15.0. The fourth-order valence-electron chi connectivity index (χ4n) is 2.88. The molecule has 12 heteroatoms. The molecule has 0 amide bonds. The second-order valence-corrected chi connectivity index (χ2v) is 7.80. The number of aliphatic imine (C=N–C) groups is 1. The van der Waals surface area contributed by atoms with E-state index < -0.39 is 22.4 Å². The molecule has 0 saturated carbocycles. The Morgan fingerprint density at radius 1 is 1.32 bits per heavy atom. The van der Waals surface area contributed by atoms with E-state index in [0.29, 0.717) is 5.56 Å². The number of anilines is 1. The van der Waals surface area contributed by atoms with Gasteiger partial charge in [-0.15, -0.1) is 0 Å². The number of nitrogens with two attached hydrogens (primary N) is 1. The molecule has 2 aromatic carbocycles. The number of nitrogens with zero attached hydrogens (tertiary/aromatic N) is 3. The number of ether oxygens (including phenoxy) is 1. The lowest BCUT2D eigenvalue weighted by Gasteiger charge is -2.17. The number of nitrogens with one attached hydrogen (secondary N) is 1. The van der Waals surface area contributed by atoms with Crippen molar-refractivity contribution in [2.45, 2.75) is 6.54 Å². The largest absolute Gasteiger partial charge is 0.464 e. The summed E-state index contributed by atoms with van der Waals surface area (Å²) in [6, 6.07) is 8.85. The second-order valence-electron chi connectivity index (χ2n) is 7.02. The van der Waals surface area contributed by atoms with E-state index in [-0.39, 0.29) is 45.1 Å². The van der Waals surface area contributed by atoms with Gasteiger partial charge in [-0.1, -0.05) is 48.0 Å². The third-order valence-electron chi connectivity index (χ3n) is 4.55. The average molecular weight is 510 g/mol. The van der Waals surface area contributed by atoms with Crippen LogP contribution < -0.4 is 16.0 Å². The zero-order chi connectivity index (χ0) is 25.6. The van der Waals surface area contributed by atoms with Gasteiger partial charge in [0, 0.05) is 37.8 Å². The summed E-state index contributed by atoms with van der Waals surface area (Å²) >= 11 is 12.4. The van der Waals surface area contributed by atoms with E-state index in [9.17, 15) is 14.9 Å². The number of nitro groups is 1. The van der Waals surface area contributed by atoms with Gasteiger partial charge in [-0.3, -0.25) is 10.1 Å². The summed E-state index contributed by atoms with van der Waals surface area (Å²) in [4.78, 5) is 28.5. The summed E-state index contributed by atoms with van der Waals surface area (Å²) in [5.41, 5.74) is 5.69. The van der Waals surface area contributed by atoms with Crippen LogP contribution in [-0.2, 0) is 16.1 Å². The zero-order valence-corrected chi connectivity index (χ0v) is 20.1. The maximum Gasteiger partial charge on any atom is 0.358 e. The molecular formula is C22H22Cl2FN5O4. The number of benzene rings is 2. The van der Waals surface area contributed by atoms with Gasteiger partial charge in [0.1, 0.15) is 10.9 Å². The second kappa shape index (κ2) is 11.5. The van der Waals surface area contributed by atoms with Crippen molar-refractivity contribution in [1.82, 2.24) is 5.32 Å². The van der Waals surface area contributed by atoms with Crippen LogP contribution in [0.1, 0.15) is 11.1 Å². The molecule has 0 fully saturated rings. The molecule has 2 aromatic rings. The van der Waals surface area contributed by atoms with E-state index in [1.54, 1.807) is 20.2 Å². The molecule has 0 aromatic heterocycles. The van der Waals surface area contributed by atoms with Crippen LogP contribution in [0.5, 0.6) is 0 Å². The van der Waals surface area contributed by atoms with Gasteiger partial charge in [0.15, 0.2) is 11.5 Å². The quantitative estimate of drug-likeness (QED) is 0.224. The normalized spacial score (nSPS) is 12.0. The van der Waals surface area contributed by atoms with Crippen molar-refractivity contribution < 1.29 is 18.8 Å². The number of carbonyl (C=O) groups is 1. The number of esters is 1. The van der Waals surface area contributed by atoms with E-state index in [1.807, 2.05) is 0 Å². The highest BCUT2D eigenvalue weighted by molar-refractivity contribution is 6.58. The Hall–Kier alpha value is -3.63. The van der Waals surface area contributed by atoms with E-state index in [4.69, 9.17) is 33.7 Å². The fraction of sp³-hybridized carbons (Fsp3) is 0.182. The Labute approximate surface area is 205 Å². The molecule has 0 spiro atoms. The smallest absolute Gasteiger partial charge is 0.358 e. The lowest BCUT2D eigenvalue weighted by atomic mass is 10.1. The molecule has 0 aliphatic heterocycles. The molecule has 0 aliphatic rings. The molecule has 0 atom stereocenters. The predicted molar refractivity (Wildman–Crippen MR) is 131 cm³/mol. The molecule has 0 saturated heterocycles. The molecule has 3 N–H and O–H groups in total. The van der Waals surface area contributed by atoms with E-state index in [0.717, 1.165) is 7.11 Å². The number of methoxy groups -OCH3 is 1. The number of halogens is 3. The molecule has 0 radical (unpaired) electrons. The van der Waals surface area contributed by atoms with E-state index >= 15 is 4.39 Å². The highest BCUT2D eigenvalue weighted by Crippen LogP contribution is 2.33. The number of para-hydroxylation sites is 1. The summed E-state index contributed by atoms with van der Waals surface area (Å²) in [7, 11) is 4.33. The van der Waals surface area contributed by atoms with Crippen LogP contribution >= 0.6 is 23.2 Å². The van der Waals surface area contributed by atoms with Crippen molar-refractivity contribution >= 4 is 52.0 Å². The average Bonchev–Trinajstić information content (AvgIpc) is 2.79. The first-order valence-corrected chi connectivity index (χ1v) is 10.4. The lowest BCUT2D eigenvalue weighted by molar-refractivity contribution is -0.385. The van der Waals surface area contributed by atoms with Crippen molar-refractivity contribution in [1.29, 1.82) is 0 Å². The summed E-state index contributed by atoms with van der Waals surface area (Å²) in [6.07, 6.45) is 0. The van der Waals surface area contributed by atoms with Crippen molar-refractivity contribution in [2.24, 2.45) is 10.7 Å².